The van der Waals surface area contributed by atoms with Gasteiger partial charge >= 0.3 is 0 Å². The summed E-state index contributed by atoms with van der Waals surface area (Å²) < 4.78 is 13.0. The number of aromatic nitrogens is 5. The molecule has 1 fully saturated rings. The lowest BCUT2D eigenvalue weighted by molar-refractivity contribution is 0.0912. The second kappa shape index (κ2) is 7.14. The maximum absolute atomic E-state index is 5.64. The first kappa shape index (κ1) is 15.3. The zero-order valence-corrected chi connectivity index (χ0v) is 13.9. The summed E-state index contributed by atoms with van der Waals surface area (Å²) in [7, 11) is 0. The van der Waals surface area contributed by atoms with Gasteiger partial charge in [-0.1, -0.05) is 30.0 Å². The molecule has 8 heteroatoms. The van der Waals surface area contributed by atoms with Crippen molar-refractivity contribution in [3.05, 3.63) is 42.3 Å². The van der Waals surface area contributed by atoms with Crippen LogP contribution in [0.15, 0.2) is 46.2 Å². The normalized spacial score (nSPS) is 17.4. The van der Waals surface area contributed by atoms with E-state index in [-0.39, 0.29) is 6.10 Å². The molecule has 124 valence electrons. The van der Waals surface area contributed by atoms with Crippen LogP contribution in [0.2, 0.25) is 0 Å². The second-order valence-electron chi connectivity index (χ2n) is 5.58. The first-order valence-electron chi connectivity index (χ1n) is 7.89. The van der Waals surface area contributed by atoms with Gasteiger partial charge in [-0.3, -0.25) is 0 Å². The molecule has 1 aliphatic heterocycles. The van der Waals surface area contributed by atoms with Gasteiger partial charge in [-0.05, 0) is 35.4 Å². The van der Waals surface area contributed by atoms with E-state index in [1.54, 1.807) is 22.7 Å². The molecule has 0 amide bonds. The van der Waals surface area contributed by atoms with E-state index in [0.29, 0.717) is 18.2 Å². The molecule has 1 unspecified atom stereocenters. The Bertz CT molecular complexity index is 783. The molecule has 3 aromatic rings. The van der Waals surface area contributed by atoms with Crippen molar-refractivity contribution < 1.29 is 9.15 Å². The highest BCUT2D eigenvalue weighted by Gasteiger charge is 2.19. The Morgan fingerprint density at radius 1 is 1.25 bits per heavy atom. The van der Waals surface area contributed by atoms with Gasteiger partial charge in [0.25, 0.3) is 0 Å². The molecule has 0 saturated carbocycles. The third-order valence-corrected chi connectivity index (χ3v) is 4.81. The number of thioether (sulfide) groups is 1. The number of oxazole rings is 1. The van der Waals surface area contributed by atoms with Gasteiger partial charge < -0.3 is 9.15 Å². The number of rotatable bonds is 6. The minimum absolute atomic E-state index is 0.213. The van der Waals surface area contributed by atoms with Crippen molar-refractivity contribution >= 4 is 11.8 Å². The molecule has 0 N–H and O–H groups in total. The standard InChI is InChI=1S/C16H17N5O2S/c1-2-5-12(6-3-1)15-17-13(10-23-15)11-24-16-18-19-20-21(16)9-14-7-4-8-22-14/h1-3,5-6,10,14H,4,7-9,11H2. The highest BCUT2D eigenvalue weighted by atomic mass is 32.2. The average Bonchev–Trinajstić information content (AvgIpc) is 3.37. The number of hydrogen-bond donors (Lipinski definition) is 0. The number of benzene rings is 1. The van der Waals surface area contributed by atoms with Gasteiger partial charge in [0.05, 0.1) is 18.3 Å². The minimum Gasteiger partial charge on any atom is -0.444 e. The molecule has 0 spiro atoms. The first-order valence-corrected chi connectivity index (χ1v) is 8.87. The third kappa shape index (κ3) is 3.49. The van der Waals surface area contributed by atoms with Gasteiger partial charge in [0.2, 0.25) is 11.0 Å². The molecule has 1 aliphatic rings. The highest BCUT2D eigenvalue weighted by molar-refractivity contribution is 7.98. The summed E-state index contributed by atoms with van der Waals surface area (Å²) in [6, 6.07) is 9.85. The van der Waals surface area contributed by atoms with Crippen molar-refractivity contribution in [1.29, 1.82) is 0 Å². The molecule has 1 saturated heterocycles. The lowest BCUT2D eigenvalue weighted by Crippen LogP contribution is -2.16. The molecular weight excluding hydrogens is 326 g/mol. The second-order valence-corrected chi connectivity index (χ2v) is 6.52. The van der Waals surface area contributed by atoms with Crippen LogP contribution in [0.5, 0.6) is 0 Å². The fourth-order valence-electron chi connectivity index (χ4n) is 2.62. The Balaban J connectivity index is 1.39. The third-order valence-electron chi connectivity index (χ3n) is 3.82. The quantitative estimate of drug-likeness (QED) is 0.637. The average molecular weight is 343 g/mol. The monoisotopic (exact) mass is 343 g/mol. The summed E-state index contributed by atoms with van der Waals surface area (Å²) in [5.74, 6) is 1.28. The topological polar surface area (TPSA) is 78.9 Å². The van der Waals surface area contributed by atoms with E-state index in [4.69, 9.17) is 9.15 Å². The molecule has 4 rings (SSSR count). The predicted molar refractivity (Wildman–Crippen MR) is 88.3 cm³/mol. The molecule has 24 heavy (non-hydrogen) atoms. The Morgan fingerprint density at radius 3 is 3.00 bits per heavy atom. The summed E-state index contributed by atoms with van der Waals surface area (Å²) in [6.45, 7) is 1.53. The smallest absolute Gasteiger partial charge is 0.226 e. The van der Waals surface area contributed by atoms with E-state index in [9.17, 15) is 0 Å². The van der Waals surface area contributed by atoms with E-state index in [1.165, 1.54) is 0 Å². The van der Waals surface area contributed by atoms with Gasteiger partial charge in [0, 0.05) is 17.9 Å². The van der Waals surface area contributed by atoms with Crippen LogP contribution in [0.4, 0.5) is 0 Å². The van der Waals surface area contributed by atoms with Crippen LogP contribution in [0.25, 0.3) is 11.5 Å². The van der Waals surface area contributed by atoms with Crippen LogP contribution in [0.1, 0.15) is 18.5 Å². The van der Waals surface area contributed by atoms with E-state index in [2.05, 4.69) is 20.5 Å². The molecule has 0 bridgehead atoms. The summed E-state index contributed by atoms with van der Waals surface area (Å²) in [6.07, 6.45) is 4.07. The fourth-order valence-corrected chi connectivity index (χ4v) is 3.38. The summed E-state index contributed by atoms with van der Waals surface area (Å²) in [4.78, 5) is 4.52. The van der Waals surface area contributed by atoms with E-state index < -0.39 is 0 Å². The Labute approximate surface area is 143 Å². The maximum atomic E-state index is 5.64. The van der Waals surface area contributed by atoms with Crippen molar-refractivity contribution in [2.75, 3.05) is 6.61 Å². The summed E-state index contributed by atoms with van der Waals surface area (Å²) >= 11 is 1.55. The largest absolute Gasteiger partial charge is 0.444 e. The lowest BCUT2D eigenvalue weighted by atomic mass is 10.2. The summed E-state index contributed by atoms with van der Waals surface area (Å²) in [5, 5.41) is 12.7. The molecule has 7 nitrogen and oxygen atoms in total. The van der Waals surface area contributed by atoms with Gasteiger partial charge in [-0.25, -0.2) is 9.67 Å². The van der Waals surface area contributed by atoms with Gasteiger partial charge in [0.1, 0.15) is 6.26 Å². The van der Waals surface area contributed by atoms with Crippen molar-refractivity contribution in [2.45, 2.75) is 36.4 Å². The Kier molecular flexibility index (Phi) is 4.57. The SMILES string of the molecule is c1ccc(-c2nc(CSc3nnnn3CC3CCCO3)co2)cc1. The number of tetrazole rings is 1. The van der Waals surface area contributed by atoms with E-state index >= 15 is 0 Å². The van der Waals surface area contributed by atoms with Gasteiger partial charge in [0.15, 0.2) is 0 Å². The van der Waals surface area contributed by atoms with Crippen LogP contribution in [0, 0.1) is 0 Å². The van der Waals surface area contributed by atoms with Crippen LogP contribution in [-0.2, 0) is 17.0 Å². The molecule has 3 heterocycles. The van der Waals surface area contributed by atoms with Crippen molar-refractivity contribution in [3.63, 3.8) is 0 Å². The molecule has 0 aliphatic carbocycles. The number of nitrogens with zero attached hydrogens (tertiary/aromatic N) is 5. The number of ether oxygens (including phenoxy) is 1. The first-order chi connectivity index (χ1) is 11.9. The summed E-state index contributed by atoms with van der Waals surface area (Å²) in [5.41, 5.74) is 1.84. The Morgan fingerprint density at radius 2 is 2.17 bits per heavy atom. The van der Waals surface area contributed by atoms with E-state index in [0.717, 1.165) is 35.9 Å². The zero-order chi connectivity index (χ0) is 16.2. The maximum Gasteiger partial charge on any atom is 0.226 e. The van der Waals surface area contributed by atoms with Crippen LogP contribution in [-0.4, -0.2) is 37.9 Å². The van der Waals surface area contributed by atoms with E-state index in [1.807, 2.05) is 30.3 Å². The van der Waals surface area contributed by atoms with Crippen LogP contribution >= 0.6 is 11.8 Å². The minimum atomic E-state index is 0.213. The molecule has 1 aromatic carbocycles. The number of hydrogen-bond acceptors (Lipinski definition) is 7. The lowest BCUT2D eigenvalue weighted by Gasteiger charge is -2.09. The van der Waals surface area contributed by atoms with Crippen molar-refractivity contribution in [3.8, 4) is 11.5 Å². The van der Waals surface area contributed by atoms with Gasteiger partial charge in [-0.2, -0.15) is 0 Å². The zero-order valence-electron chi connectivity index (χ0n) is 13.0. The molecular formula is C16H17N5O2S. The molecule has 0 radical (unpaired) electrons. The fraction of sp³-hybridized carbons (Fsp3) is 0.375. The van der Waals surface area contributed by atoms with Crippen LogP contribution in [0.3, 0.4) is 0 Å². The Hall–Kier alpha value is -2.19. The predicted octanol–water partition coefficient (Wildman–Crippen LogP) is 2.80. The van der Waals surface area contributed by atoms with Crippen LogP contribution < -0.4 is 0 Å². The highest BCUT2D eigenvalue weighted by Crippen LogP contribution is 2.24. The van der Waals surface area contributed by atoms with Crippen molar-refractivity contribution in [1.82, 2.24) is 25.2 Å². The molecule has 2 aromatic heterocycles. The van der Waals surface area contributed by atoms with Crippen molar-refractivity contribution in [2.24, 2.45) is 0 Å². The van der Waals surface area contributed by atoms with Gasteiger partial charge in [-0.15, -0.1) is 5.10 Å². The molecule has 1 atom stereocenters.